The predicted octanol–water partition coefficient (Wildman–Crippen LogP) is 2.63. The summed E-state index contributed by atoms with van der Waals surface area (Å²) in [4.78, 5) is 0. The van der Waals surface area contributed by atoms with E-state index in [2.05, 4.69) is 40.9 Å². The van der Waals surface area contributed by atoms with Gasteiger partial charge in [0.1, 0.15) is 11.6 Å². The Kier molecular flexibility index (Phi) is 4.15. The summed E-state index contributed by atoms with van der Waals surface area (Å²) >= 11 is 0. The number of unbranched alkanes of at least 4 members (excludes halogenated alkanes) is 1. The van der Waals surface area contributed by atoms with Crippen LogP contribution in [0.4, 0.5) is 0 Å². The molecule has 1 aliphatic rings. The van der Waals surface area contributed by atoms with Gasteiger partial charge in [-0.25, -0.2) is 0 Å². The Morgan fingerprint density at radius 3 is 2.94 bits per heavy atom. The summed E-state index contributed by atoms with van der Waals surface area (Å²) in [6, 6.07) is 0.392. The lowest BCUT2D eigenvalue weighted by molar-refractivity contribution is 0.394. The molecule has 2 atom stereocenters. The molecule has 0 saturated heterocycles. The molecule has 96 valence electrons. The van der Waals surface area contributed by atoms with Gasteiger partial charge in [0.15, 0.2) is 0 Å². The van der Waals surface area contributed by atoms with Crippen molar-refractivity contribution in [3.8, 4) is 0 Å². The second-order valence-corrected chi connectivity index (χ2v) is 5.03. The summed E-state index contributed by atoms with van der Waals surface area (Å²) in [6.45, 7) is 8.77. The number of rotatable bonds is 5. The Balaban J connectivity index is 2.17. The molecule has 2 unspecified atom stereocenters. The first-order valence-corrected chi connectivity index (χ1v) is 6.94. The van der Waals surface area contributed by atoms with Crippen LogP contribution in [0.1, 0.15) is 70.1 Å². The zero-order valence-corrected chi connectivity index (χ0v) is 11.2. The van der Waals surface area contributed by atoms with Crippen LogP contribution in [0, 0.1) is 0 Å². The van der Waals surface area contributed by atoms with E-state index >= 15 is 0 Å². The van der Waals surface area contributed by atoms with E-state index in [4.69, 9.17) is 0 Å². The standard InChI is InChI=1S/C13H24N4/c1-4-6-7-10(3)12-15-16-13-11(5-2)14-8-9-17(12)13/h10-11,14H,4-9H2,1-3H3. The zero-order chi connectivity index (χ0) is 12.3. The van der Waals surface area contributed by atoms with Crippen molar-refractivity contribution in [1.82, 2.24) is 20.1 Å². The van der Waals surface area contributed by atoms with Gasteiger partial charge >= 0.3 is 0 Å². The molecule has 2 rings (SSSR count). The molecule has 1 N–H and O–H groups in total. The lowest BCUT2D eigenvalue weighted by Gasteiger charge is -2.25. The number of hydrogen-bond acceptors (Lipinski definition) is 3. The largest absolute Gasteiger partial charge is 0.312 e. The van der Waals surface area contributed by atoms with Crippen molar-refractivity contribution in [2.24, 2.45) is 0 Å². The van der Waals surface area contributed by atoms with Gasteiger partial charge in [-0.05, 0) is 12.8 Å². The van der Waals surface area contributed by atoms with Gasteiger partial charge in [0.25, 0.3) is 0 Å². The van der Waals surface area contributed by atoms with Crippen LogP contribution in [-0.2, 0) is 6.54 Å². The highest BCUT2D eigenvalue weighted by molar-refractivity contribution is 5.07. The highest BCUT2D eigenvalue weighted by Crippen LogP contribution is 2.25. The topological polar surface area (TPSA) is 42.7 Å². The number of nitrogens with one attached hydrogen (secondary N) is 1. The van der Waals surface area contributed by atoms with E-state index in [9.17, 15) is 0 Å². The lowest BCUT2D eigenvalue weighted by Crippen LogP contribution is -2.34. The molecule has 0 aromatic carbocycles. The average molecular weight is 236 g/mol. The molecule has 1 aliphatic heterocycles. The molecule has 4 nitrogen and oxygen atoms in total. The van der Waals surface area contributed by atoms with Crippen LogP contribution in [0.25, 0.3) is 0 Å². The Hall–Kier alpha value is -0.900. The van der Waals surface area contributed by atoms with Crippen LogP contribution >= 0.6 is 0 Å². The predicted molar refractivity (Wildman–Crippen MR) is 69.0 cm³/mol. The van der Waals surface area contributed by atoms with Crippen LogP contribution in [-0.4, -0.2) is 21.3 Å². The van der Waals surface area contributed by atoms with Crippen LogP contribution in [0.15, 0.2) is 0 Å². The molecule has 2 heterocycles. The van der Waals surface area contributed by atoms with Crippen molar-refractivity contribution >= 4 is 0 Å². The van der Waals surface area contributed by atoms with Crippen molar-refractivity contribution in [3.63, 3.8) is 0 Å². The van der Waals surface area contributed by atoms with Crippen molar-refractivity contribution < 1.29 is 0 Å². The number of nitrogens with zero attached hydrogens (tertiary/aromatic N) is 3. The normalized spacial score (nSPS) is 21.2. The molecular formula is C13H24N4. The minimum absolute atomic E-state index is 0.392. The van der Waals surface area contributed by atoms with Crippen molar-refractivity contribution in [2.75, 3.05) is 6.54 Å². The van der Waals surface area contributed by atoms with E-state index in [1.807, 2.05) is 0 Å². The summed E-state index contributed by atoms with van der Waals surface area (Å²) < 4.78 is 2.34. The Labute approximate surface area is 104 Å². The summed E-state index contributed by atoms with van der Waals surface area (Å²) in [5.74, 6) is 2.86. The van der Waals surface area contributed by atoms with Crippen LogP contribution < -0.4 is 5.32 Å². The molecule has 0 aliphatic carbocycles. The number of hydrogen-bond donors (Lipinski definition) is 1. The molecule has 4 heteroatoms. The highest BCUT2D eigenvalue weighted by Gasteiger charge is 2.25. The maximum atomic E-state index is 4.42. The molecule has 1 aromatic rings. The van der Waals surface area contributed by atoms with Gasteiger partial charge in [0.2, 0.25) is 0 Å². The van der Waals surface area contributed by atoms with Gasteiger partial charge in [0, 0.05) is 19.0 Å². The minimum atomic E-state index is 0.392. The maximum absolute atomic E-state index is 4.42. The Morgan fingerprint density at radius 1 is 1.41 bits per heavy atom. The molecular weight excluding hydrogens is 212 g/mol. The quantitative estimate of drug-likeness (QED) is 0.854. The summed E-state index contributed by atoms with van der Waals surface area (Å²) in [5.41, 5.74) is 0. The van der Waals surface area contributed by atoms with Crippen molar-refractivity contribution in [2.45, 2.75) is 65.0 Å². The monoisotopic (exact) mass is 236 g/mol. The van der Waals surface area contributed by atoms with Gasteiger partial charge < -0.3 is 9.88 Å². The Morgan fingerprint density at radius 2 is 2.24 bits per heavy atom. The van der Waals surface area contributed by atoms with Crippen molar-refractivity contribution in [3.05, 3.63) is 11.6 Å². The van der Waals surface area contributed by atoms with E-state index in [0.717, 1.165) is 25.3 Å². The fraction of sp³-hybridized carbons (Fsp3) is 0.846. The van der Waals surface area contributed by atoms with Gasteiger partial charge in [-0.15, -0.1) is 10.2 Å². The van der Waals surface area contributed by atoms with E-state index in [-0.39, 0.29) is 0 Å². The van der Waals surface area contributed by atoms with E-state index < -0.39 is 0 Å². The molecule has 0 bridgehead atoms. The second kappa shape index (κ2) is 5.63. The SMILES string of the molecule is CCCCC(C)c1nnc2n1CCNC2CC. The summed E-state index contributed by atoms with van der Waals surface area (Å²) in [7, 11) is 0. The van der Waals surface area contributed by atoms with Gasteiger partial charge in [-0.3, -0.25) is 0 Å². The van der Waals surface area contributed by atoms with E-state index in [0.29, 0.717) is 12.0 Å². The first-order valence-electron chi connectivity index (χ1n) is 6.94. The van der Waals surface area contributed by atoms with Crippen LogP contribution in [0.2, 0.25) is 0 Å². The lowest BCUT2D eigenvalue weighted by atomic mass is 10.0. The average Bonchev–Trinajstić information content (AvgIpc) is 2.79. The number of aromatic nitrogens is 3. The zero-order valence-electron chi connectivity index (χ0n) is 11.2. The van der Waals surface area contributed by atoms with Gasteiger partial charge in [-0.2, -0.15) is 0 Å². The summed E-state index contributed by atoms with van der Waals surface area (Å²) in [6.07, 6.45) is 4.84. The fourth-order valence-corrected chi connectivity index (χ4v) is 2.59. The highest BCUT2D eigenvalue weighted by atomic mass is 15.3. The number of fused-ring (bicyclic) bond motifs is 1. The van der Waals surface area contributed by atoms with Gasteiger partial charge in [0.05, 0.1) is 6.04 Å². The second-order valence-electron chi connectivity index (χ2n) is 5.03. The summed E-state index contributed by atoms with van der Waals surface area (Å²) in [5, 5.41) is 12.3. The fourth-order valence-electron chi connectivity index (χ4n) is 2.59. The third-order valence-corrected chi connectivity index (χ3v) is 3.69. The molecule has 0 fully saturated rings. The first-order chi connectivity index (χ1) is 8.27. The molecule has 1 aromatic heterocycles. The maximum Gasteiger partial charge on any atom is 0.150 e. The smallest absolute Gasteiger partial charge is 0.150 e. The molecule has 0 spiro atoms. The van der Waals surface area contributed by atoms with Crippen LogP contribution in [0.3, 0.4) is 0 Å². The third kappa shape index (κ3) is 2.51. The molecule has 17 heavy (non-hydrogen) atoms. The molecule has 0 saturated carbocycles. The van der Waals surface area contributed by atoms with E-state index in [1.54, 1.807) is 0 Å². The van der Waals surface area contributed by atoms with Crippen LogP contribution in [0.5, 0.6) is 0 Å². The first kappa shape index (κ1) is 12.6. The van der Waals surface area contributed by atoms with Gasteiger partial charge in [-0.1, -0.05) is 33.6 Å². The Bertz CT molecular complexity index is 358. The van der Waals surface area contributed by atoms with Crippen molar-refractivity contribution in [1.29, 1.82) is 0 Å². The molecule has 0 amide bonds. The minimum Gasteiger partial charge on any atom is -0.312 e. The van der Waals surface area contributed by atoms with E-state index in [1.165, 1.54) is 25.1 Å². The molecule has 0 radical (unpaired) electrons. The third-order valence-electron chi connectivity index (χ3n) is 3.69.